The van der Waals surface area contributed by atoms with Gasteiger partial charge in [0.05, 0.1) is 11.4 Å². The first-order chi connectivity index (χ1) is 11.5. The summed E-state index contributed by atoms with van der Waals surface area (Å²) in [6, 6.07) is 7.66. The molecule has 0 bridgehead atoms. The number of carbonyl (C=O) groups excluding carboxylic acids is 1. The molecule has 1 aromatic carbocycles. The van der Waals surface area contributed by atoms with Crippen LogP contribution in [-0.4, -0.2) is 31.2 Å². The van der Waals surface area contributed by atoms with Gasteiger partial charge in [-0.3, -0.25) is 4.79 Å². The normalized spacial score (nSPS) is 11.0. The minimum atomic E-state index is -0.0833. The van der Waals surface area contributed by atoms with Crippen LogP contribution in [0.1, 0.15) is 17.0 Å². The van der Waals surface area contributed by atoms with Crippen molar-refractivity contribution in [1.29, 1.82) is 0 Å². The number of anilines is 1. The second kappa shape index (κ2) is 7.06. The number of thioether (sulfide) groups is 1. The fourth-order valence-corrected chi connectivity index (χ4v) is 3.32. The number of hydrogen-bond acceptors (Lipinski definition) is 5. The van der Waals surface area contributed by atoms with Gasteiger partial charge in [-0.2, -0.15) is 4.98 Å². The second-order valence-electron chi connectivity index (χ2n) is 5.33. The molecular formula is C16H16IN5OS. The van der Waals surface area contributed by atoms with E-state index in [-0.39, 0.29) is 11.7 Å². The number of rotatable bonds is 4. The molecule has 1 amide bonds. The molecule has 0 fully saturated rings. The maximum Gasteiger partial charge on any atom is 0.253 e. The van der Waals surface area contributed by atoms with Crippen LogP contribution in [0.4, 0.5) is 5.69 Å². The predicted molar refractivity (Wildman–Crippen MR) is 104 cm³/mol. The van der Waals surface area contributed by atoms with E-state index in [9.17, 15) is 4.79 Å². The average Bonchev–Trinajstić information content (AvgIpc) is 2.96. The first-order valence-corrected chi connectivity index (χ1v) is 9.40. The van der Waals surface area contributed by atoms with E-state index < -0.39 is 0 Å². The van der Waals surface area contributed by atoms with Gasteiger partial charge in [-0.05, 0) is 61.1 Å². The van der Waals surface area contributed by atoms with Crippen LogP contribution in [0.2, 0.25) is 0 Å². The minimum Gasteiger partial charge on any atom is -0.324 e. The lowest BCUT2D eigenvalue weighted by atomic mass is 10.2. The number of aryl methyl sites for hydroxylation is 2. The molecule has 1 N–H and O–H groups in total. The van der Waals surface area contributed by atoms with E-state index in [1.54, 1.807) is 4.52 Å². The molecule has 24 heavy (non-hydrogen) atoms. The molecular weight excluding hydrogens is 437 g/mol. The highest BCUT2D eigenvalue weighted by Crippen LogP contribution is 2.20. The van der Waals surface area contributed by atoms with Gasteiger partial charge < -0.3 is 5.32 Å². The first-order valence-electron chi connectivity index (χ1n) is 7.33. The second-order valence-corrected chi connectivity index (χ2v) is 7.44. The number of benzene rings is 1. The summed E-state index contributed by atoms with van der Waals surface area (Å²) in [6.45, 7) is 5.96. The van der Waals surface area contributed by atoms with Gasteiger partial charge >= 0.3 is 0 Å². The van der Waals surface area contributed by atoms with Crippen LogP contribution in [-0.2, 0) is 4.79 Å². The van der Waals surface area contributed by atoms with Crippen molar-refractivity contribution < 1.29 is 4.79 Å². The van der Waals surface area contributed by atoms with Gasteiger partial charge in [0, 0.05) is 15.0 Å². The van der Waals surface area contributed by atoms with Crippen molar-refractivity contribution in [3.63, 3.8) is 0 Å². The van der Waals surface area contributed by atoms with E-state index in [1.807, 2.05) is 45.0 Å². The Hall–Kier alpha value is -1.68. The van der Waals surface area contributed by atoms with Gasteiger partial charge in [0.1, 0.15) is 0 Å². The monoisotopic (exact) mass is 453 g/mol. The van der Waals surface area contributed by atoms with E-state index >= 15 is 0 Å². The van der Waals surface area contributed by atoms with Crippen LogP contribution in [0.5, 0.6) is 0 Å². The average molecular weight is 453 g/mol. The molecule has 6 nitrogen and oxygen atoms in total. The van der Waals surface area contributed by atoms with Crippen molar-refractivity contribution in [2.75, 3.05) is 11.1 Å². The molecule has 2 heterocycles. The minimum absolute atomic E-state index is 0.0833. The Bertz CT molecular complexity index is 924. The maximum absolute atomic E-state index is 12.1. The van der Waals surface area contributed by atoms with Gasteiger partial charge in [0.15, 0.2) is 0 Å². The topological polar surface area (TPSA) is 72.2 Å². The van der Waals surface area contributed by atoms with Crippen LogP contribution in [0.3, 0.4) is 0 Å². The largest absolute Gasteiger partial charge is 0.324 e. The van der Waals surface area contributed by atoms with E-state index in [1.165, 1.54) is 11.8 Å². The number of amides is 1. The molecule has 124 valence electrons. The van der Waals surface area contributed by atoms with Gasteiger partial charge in [0.25, 0.3) is 5.78 Å². The lowest BCUT2D eigenvalue weighted by molar-refractivity contribution is -0.113. The molecule has 0 aliphatic heterocycles. The van der Waals surface area contributed by atoms with Crippen LogP contribution in [0.25, 0.3) is 5.78 Å². The molecule has 0 radical (unpaired) electrons. The lowest BCUT2D eigenvalue weighted by Crippen LogP contribution is -2.14. The molecule has 0 saturated carbocycles. The smallest absolute Gasteiger partial charge is 0.253 e. The SMILES string of the molecule is Cc1nc2nc(SCC(=O)Nc3ccccc3I)nn2c(C)c1C. The summed E-state index contributed by atoms with van der Waals surface area (Å²) in [4.78, 5) is 20.9. The van der Waals surface area contributed by atoms with Gasteiger partial charge in [-0.25, -0.2) is 9.50 Å². The quantitative estimate of drug-likeness (QED) is 0.485. The standard InChI is InChI=1S/C16H16IN5OS/c1-9-10(2)18-15-20-16(21-22(15)11(9)3)24-8-14(23)19-13-7-5-4-6-12(13)17/h4-7H,8H2,1-3H3,(H,19,23). The molecule has 0 saturated heterocycles. The molecule has 0 spiro atoms. The third-order valence-electron chi connectivity index (χ3n) is 3.72. The Kier molecular flexibility index (Phi) is 5.04. The Balaban J connectivity index is 1.71. The molecule has 3 aromatic rings. The number of hydrogen-bond donors (Lipinski definition) is 1. The molecule has 0 aliphatic carbocycles. The van der Waals surface area contributed by atoms with Gasteiger partial charge in [-0.1, -0.05) is 23.9 Å². The molecule has 0 atom stereocenters. The molecule has 8 heteroatoms. The summed E-state index contributed by atoms with van der Waals surface area (Å²) < 4.78 is 2.73. The lowest BCUT2D eigenvalue weighted by Gasteiger charge is -2.05. The van der Waals surface area contributed by atoms with Crippen LogP contribution in [0.15, 0.2) is 29.4 Å². The van der Waals surface area contributed by atoms with Crippen LogP contribution < -0.4 is 5.32 Å². The third kappa shape index (κ3) is 3.54. The number of aromatic nitrogens is 4. The Morgan fingerprint density at radius 1 is 1.25 bits per heavy atom. The number of halogens is 1. The highest BCUT2D eigenvalue weighted by molar-refractivity contribution is 14.1. The highest BCUT2D eigenvalue weighted by atomic mass is 127. The van der Waals surface area contributed by atoms with Crippen molar-refractivity contribution in [2.45, 2.75) is 25.9 Å². The summed E-state index contributed by atoms with van der Waals surface area (Å²) >= 11 is 3.50. The first kappa shape index (κ1) is 17.2. The number of nitrogens with zero attached hydrogens (tertiary/aromatic N) is 4. The Labute approximate surface area is 157 Å². The predicted octanol–water partition coefficient (Wildman–Crippen LogP) is 3.38. The summed E-state index contributed by atoms with van der Waals surface area (Å²) in [5, 5.41) is 7.88. The number of carbonyl (C=O) groups is 1. The highest BCUT2D eigenvalue weighted by Gasteiger charge is 2.13. The van der Waals surface area contributed by atoms with Crippen molar-refractivity contribution in [2.24, 2.45) is 0 Å². The van der Waals surface area contributed by atoms with Crippen molar-refractivity contribution >= 4 is 51.7 Å². The van der Waals surface area contributed by atoms with Gasteiger partial charge in [-0.15, -0.1) is 5.10 Å². The molecule has 0 aliphatic rings. The fourth-order valence-electron chi connectivity index (χ4n) is 2.18. The Morgan fingerprint density at radius 2 is 2.00 bits per heavy atom. The zero-order valence-electron chi connectivity index (χ0n) is 13.5. The van der Waals surface area contributed by atoms with Crippen molar-refractivity contribution in [1.82, 2.24) is 19.6 Å². The summed E-state index contributed by atoms with van der Waals surface area (Å²) in [5.41, 5.74) is 3.87. The summed E-state index contributed by atoms with van der Waals surface area (Å²) in [7, 11) is 0. The Morgan fingerprint density at radius 3 is 2.75 bits per heavy atom. The zero-order valence-corrected chi connectivity index (χ0v) is 16.5. The molecule has 0 unspecified atom stereocenters. The van der Waals surface area contributed by atoms with Crippen LogP contribution in [0, 0.1) is 24.3 Å². The van der Waals surface area contributed by atoms with E-state index in [2.05, 4.69) is 43.0 Å². The number of para-hydroxylation sites is 1. The third-order valence-corrected chi connectivity index (χ3v) is 5.50. The van der Waals surface area contributed by atoms with E-state index in [0.717, 1.165) is 26.2 Å². The van der Waals surface area contributed by atoms with E-state index in [0.29, 0.717) is 10.9 Å². The number of fused-ring (bicyclic) bond motifs is 1. The maximum atomic E-state index is 12.1. The van der Waals surface area contributed by atoms with Crippen molar-refractivity contribution in [3.8, 4) is 0 Å². The summed E-state index contributed by atoms with van der Waals surface area (Å²) in [5.74, 6) is 0.731. The van der Waals surface area contributed by atoms with Gasteiger partial charge in [0.2, 0.25) is 11.1 Å². The summed E-state index contributed by atoms with van der Waals surface area (Å²) in [6.07, 6.45) is 0. The van der Waals surface area contributed by atoms with E-state index in [4.69, 9.17) is 0 Å². The molecule has 3 rings (SSSR count). The van der Waals surface area contributed by atoms with Crippen LogP contribution >= 0.6 is 34.4 Å². The fraction of sp³-hybridized carbons (Fsp3) is 0.250. The number of nitrogens with one attached hydrogen (secondary N) is 1. The molecule has 2 aromatic heterocycles. The zero-order chi connectivity index (χ0) is 17.3. The van der Waals surface area contributed by atoms with Crippen molar-refractivity contribution in [3.05, 3.63) is 44.8 Å².